The molecule has 1 aromatic heterocycles. The van der Waals surface area contributed by atoms with Gasteiger partial charge in [0.15, 0.2) is 0 Å². The molecule has 0 radical (unpaired) electrons. The van der Waals surface area contributed by atoms with E-state index in [1.165, 1.54) is 18.3 Å². The molecule has 2 amide bonds. The lowest BCUT2D eigenvalue weighted by atomic mass is 10.0. The minimum atomic E-state index is -1.68. The average molecular weight is 414 g/mol. The smallest absolute Gasteiger partial charge is 0.278 e. The lowest BCUT2D eigenvalue weighted by Crippen LogP contribution is -2.58. The van der Waals surface area contributed by atoms with Crippen LogP contribution in [0.3, 0.4) is 0 Å². The summed E-state index contributed by atoms with van der Waals surface area (Å²) < 4.78 is 5.71. The lowest BCUT2D eigenvalue weighted by Gasteiger charge is -2.33. The molecule has 28 heavy (non-hydrogen) atoms. The van der Waals surface area contributed by atoms with Gasteiger partial charge in [-0.15, -0.1) is 11.3 Å². The van der Waals surface area contributed by atoms with Gasteiger partial charge in [0.05, 0.1) is 17.9 Å². The summed E-state index contributed by atoms with van der Waals surface area (Å²) >= 11 is 7.43. The minimum absolute atomic E-state index is 0.196. The second kappa shape index (κ2) is 7.26. The summed E-state index contributed by atoms with van der Waals surface area (Å²) in [5.41, 5.74) is 0.486. The second-order valence-electron chi connectivity index (χ2n) is 6.42. The van der Waals surface area contributed by atoms with Crippen molar-refractivity contribution in [2.24, 2.45) is 0 Å². The Bertz CT molecular complexity index is 1050. The van der Waals surface area contributed by atoms with Crippen LogP contribution >= 0.6 is 22.9 Å². The van der Waals surface area contributed by atoms with Crippen LogP contribution in [0.1, 0.15) is 12.6 Å². The van der Waals surface area contributed by atoms with E-state index in [9.17, 15) is 9.59 Å². The zero-order valence-corrected chi connectivity index (χ0v) is 16.4. The van der Waals surface area contributed by atoms with Crippen molar-refractivity contribution in [3.8, 4) is 16.3 Å². The molecule has 0 aliphatic carbocycles. The molecule has 0 spiro atoms. The van der Waals surface area contributed by atoms with Crippen molar-refractivity contribution in [2.45, 2.75) is 19.1 Å². The number of hydrogen-bond acceptors (Lipinski definition) is 5. The summed E-state index contributed by atoms with van der Waals surface area (Å²) in [7, 11) is 0. The molecule has 2 aromatic carbocycles. The van der Waals surface area contributed by atoms with Gasteiger partial charge in [-0.25, -0.2) is 4.98 Å². The molecule has 142 valence electrons. The third kappa shape index (κ3) is 3.46. The van der Waals surface area contributed by atoms with Crippen molar-refractivity contribution in [3.63, 3.8) is 0 Å². The van der Waals surface area contributed by atoms with Crippen LogP contribution in [0.15, 0.2) is 53.9 Å². The fourth-order valence-electron chi connectivity index (χ4n) is 2.79. The minimum Gasteiger partial charge on any atom is -0.466 e. The van der Waals surface area contributed by atoms with Crippen LogP contribution < -0.4 is 15.4 Å². The Morgan fingerprint density at radius 3 is 2.86 bits per heavy atom. The molecule has 1 unspecified atom stereocenters. The van der Waals surface area contributed by atoms with Gasteiger partial charge in [0, 0.05) is 16.0 Å². The van der Waals surface area contributed by atoms with Crippen LogP contribution in [0.4, 0.5) is 5.69 Å². The van der Waals surface area contributed by atoms with E-state index in [2.05, 4.69) is 15.6 Å². The Hall–Kier alpha value is -2.90. The molecule has 0 fully saturated rings. The number of benzene rings is 2. The summed E-state index contributed by atoms with van der Waals surface area (Å²) in [6.45, 7) is 1.63. The maximum absolute atomic E-state index is 12.7. The van der Waals surface area contributed by atoms with Gasteiger partial charge in [0.2, 0.25) is 0 Å². The van der Waals surface area contributed by atoms with Gasteiger partial charge in [-0.3, -0.25) is 9.59 Å². The highest BCUT2D eigenvalue weighted by atomic mass is 35.5. The molecule has 1 aliphatic heterocycles. The fourth-order valence-corrected chi connectivity index (χ4v) is 3.79. The van der Waals surface area contributed by atoms with E-state index in [0.717, 1.165) is 10.6 Å². The van der Waals surface area contributed by atoms with Crippen LogP contribution in [0.2, 0.25) is 5.02 Å². The van der Waals surface area contributed by atoms with Gasteiger partial charge in [-0.05, 0) is 25.1 Å². The van der Waals surface area contributed by atoms with Crippen molar-refractivity contribution in [2.75, 3.05) is 5.32 Å². The maximum Gasteiger partial charge on any atom is 0.278 e. The van der Waals surface area contributed by atoms with E-state index in [0.29, 0.717) is 22.2 Å². The molecule has 4 rings (SSSR count). The number of amides is 2. The largest absolute Gasteiger partial charge is 0.466 e. The van der Waals surface area contributed by atoms with Crippen molar-refractivity contribution in [3.05, 3.63) is 64.6 Å². The fraction of sp³-hybridized carbons (Fsp3) is 0.150. The molecule has 2 N–H and O–H groups in total. The summed E-state index contributed by atoms with van der Waals surface area (Å²) in [6, 6.07) is 14.6. The van der Waals surface area contributed by atoms with Crippen LogP contribution in [0.5, 0.6) is 5.75 Å². The van der Waals surface area contributed by atoms with Gasteiger partial charge in [0.1, 0.15) is 10.8 Å². The number of anilines is 1. The predicted molar refractivity (Wildman–Crippen MR) is 109 cm³/mol. The molecule has 3 aromatic rings. The van der Waals surface area contributed by atoms with Gasteiger partial charge in [0.25, 0.3) is 17.4 Å². The number of hydrogen-bond donors (Lipinski definition) is 2. The lowest BCUT2D eigenvalue weighted by molar-refractivity contribution is -0.146. The van der Waals surface area contributed by atoms with Gasteiger partial charge in [-0.1, -0.05) is 41.9 Å². The highest BCUT2D eigenvalue weighted by Crippen LogP contribution is 2.35. The Kier molecular flexibility index (Phi) is 4.78. The zero-order valence-electron chi connectivity index (χ0n) is 14.9. The monoisotopic (exact) mass is 413 g/mol. The van der Waals surface area contributed by atoms with Crippen LogP contribution in [-0.4, -0.2) is 22.4 Å². The highest BCUT2D eigenvalue weighted by molar-refractivity contribution is 7.13. The molecule has 8 heteroatoms. The average Bonchev–Trinajstić information content (AvgIpc) is 3.17. The Balaban J connectivity index is 1.46. The van der Waals surface area contributed by atoms with Crippen LogP contribution in [0.25, 0.3) is 10.6 Å². The number of ether oxygens (including phenoxy) is 1. The summed E-state index contributed by atoms with van der Waals surface area (Å²) in [4.78, 5) is 29.7. The van der Waals surface area contributed by atoms with Crippen molar-refractivity contribution in [1.82, 2.24) is 10.3 Å². The van der Waals surface area contributed by atoms with Gasteiger partial charge < -0.3 is 15.4 Å². The summed E-state index contributed by atoms with van der Waals surface area (Å²) in [6.07, 6.45) is 0. The number of rotatable bonds is 4. The normalized spacial score (nSPS) is 18.0. The molecule has 1 aliphatic rings. The number of nitrogens with zero attached hydrogens (tertiary/aromatic N) is 1. The molecule has 0 saturated carbocycles. The number of carbonyl (C=O) groups excluding carboxylic acids is 2. The standard InChI is InChI=1S/C20H16ClN3O3S/c1-20(19(26)24-15-9-13(21)7-8-16(15)27-20)18(25)22-10-14-11-28-17(23-14)12-5-3-2-4-6-12/h2-9,11H,10H2,1H3,(H,22,25)(H,24,26). The molecule has 0 saturated heterocycles. The second-order valence-corrected chi connectivity index (χ2v) is 7.72. The third-order valence-electron chi connectivity index (χ3n) is 4.37. The summed E-state index contributed by atoms with van der Waals surface area (Å²) in [5.74, 6) is -0.704. The first-order valence-electron chi connectivity index (χ1n) is 8.54. The van der Waals surface area contributed by atoms with E-state index in [-0.39, 0.29) is 6.54 Å². The van der Waals surface area contributed by atoms with Gasteiger partial charge >= 0.3 is 0 Å². The number of carbonyl (C=O) groups is 2. The number of halogens is 1. The summed E-state index contributed by atoms with van der Waals surface area (Å²) in [5, 5.41) is 8.63. The van der Waals surface area contributed by atoms with E-state index >= 15 is 0 Å². The molecule has 0 bridgehead atoms. The van der Waals surface area contributed by atoms with E-state index in [1.807, 2.05) is 35.7 Å². The Morgan fingerprint density at radius 1 is 1.29 bits per heavy atom. The zero-order chi connectivity index (χ0) is 19.7. The number of fused-ring (bicyclic) bond motifs is 1. The molecule has 1 atom stereocenters. The van der Waals surface area contributed by atoms with Crippen LogP contribution in [-0.2, 0) is 16.1 Å². The highest BCUT2D eigenvalue weighted by Gasteiger charge is 2.47. The topological polar surface area (TPSA) is 80.3 Å². The van der Waals surface area contributed by atoms with Crippen molar-refractivity contribution < 1.29 is 14.3 Å². The Labute approximate surface area is 170 Å². The van der Waals surface area contributed by atoms with E-state index < -0.39 is 17.4 Å². The quantitative estimate of drug-likeness (QED) is 0.636. The van der Waals surface area contributed by atoms with Gasteiger partial charge in [-0.2, -0.15) is 0 Å². The molecular weight excluding hydrogens is 398 g/mol. The first kappa shape index (κ1) is 18.5. The van der Waals surface area contributed by atoms with Crippen molar-refractivity contribution in [1.29, 1.82) is 0 Å². The third-order valence-corrected chi connectivity index (χ3v) is 5.55. The number of nitrogens with one attached hydrogen (secondary N) is 2. The van der Waals surface area contributed by atoms with Crippen molar-refractivity contribution >= 4 is 40.4 Å². The maximum atomic E-state index is 12.7. The van der Waals surface area contributed by atoms with E-state index in [1.54, 1.807) is 18.2 Å². The van der Waals surface area contributed by atoms with E-state index in [4.69, 9.17) is 16.3 Å². The first-order valence-corrected chi connectivity index (χ1v) is 9.79. The first-order chi connectivity index (χ1) is 13.5. The molecule has 2 heterocycles. The number of thiazole rings is 1. The molecular formula is C20H16ClN3O3S. The molecule has 6 nitrogen and oxygen atoms in total. The van der Waals surface area contributed by atoms with Crippen LogP contribution in [0, 0.1) is 0 Å². The number of aromatic nitrogens is 1. The Morgan fingerprint density at radius 2 is 2.07 bits per heavy atom. The SMILES string of the molecule is CC1(C(=O)NCc2csc(-c3ccccc3)n2)Oc2ccc(Cl)cc2NC1=O. The predicted octanol–water partition coefficient (Wildman–Crippen LogP) is 3.87.